The average molecular weight is 794 g/mol. The topological polar surface area (TPSA) is 172 Å². The van der Waals surface area contributed by atoms with E-state index in [2.05, 4.69) is 54.8 Å². The van der Waals surface area contributed by atoms with Crippen molar-refractivity contribution in [3.63, 3.8) is 0 Å². The van der Waals surface area contributed by atoms with Gasteiger partial charge in [0.1, 0.15) is 12.6 Å². The number of phosphoric acid groups is 1. The Balaban J connectivity index is 4.47. The molecule has 55 heavy (non-hydrogen) atoms. The highest BCUT2D eigenvalue weighted by molar-refractivity contribution is 7.47. The second-order valence-corrected chi connectivity index (χ2v) is 15.0. The van der Waals surface area contributed by atoms with Crippen LogP contribution in [-0.4, -0.2) is 59.9 Å². The Bertz CT molecular complexity index is 1210. The monoisotopic (exact) mass is 793 g/mol. The molecule has 12 heteroatoms. The van der Waals surface area contributed by atoms with Crippen molar-refractivity contribution in [3.8, 4) is 0 Å². The quantitative estimate of drug-likeness (QED) is 0.0236. The molecular weight excluding hydrogens is 721 g/mol. The summed E-state index contributed by atoms with van der Waals surface area (Å²) in [5.41, 5.74) is 5.32. The second-order valence-electron chi connectivity index (χ2n) is 13.5. The molecule has 11 nitrogen and oxygen atoms in total. The molecule has 0 aromatic carbocycles. The lowest BCUT2D eigenvalue weighted by Crippen LogP contribution is -2.34. The van der Waals surface area contributed by atoms with E-state index in [1.165, 1.54) is 44.9 Å². The third-order valence-corrected chi connectivity index (χ3v) is 9.26. The number of carbonyl (C=O) groups excluding carboxylic acids is 2. The molecule has 0 aliphatic heterocycles. The maximum absolute atomic E-state index is 12.6. The Morgan fingerprint density at radius 1 is 0.582 bits per heavy atom. The Kier molecular flexibility index (Phi) is 35.7. The van der Waals surface area contributed by atoms with Crippen LogP contribution < -0.4 is 5.73 Å². The minimum absolute atomic E-state index is 0.108. The lowest BCUT2D eigenvalue weighted by molar-refractivity contribution is -0.161. The first-order chi connectivity index (χ1) is 26.6. The van der Waals surface area contributed by atoms with Crippen LogP contribution >= 0.6 is 7.82 Å². The molecule has 0 aliphatic carbocycles. The van der Waals surface area contributed by atoms with Crippen LogP contribution in [0.5, 0.6) is 0 Å². The van der Waals surface area contributed by atoms with Crippen molar-refractivity contribution in [2.45, 2.75) is 161 Å². The van der Waals surface area contributed by atoms with E-state index in [9.17, 15) is 23.8 Å². The molecule has 0 heterocycles. The number of rotatable bonds is 37. The first-order valence-electron chi connectivity index (χ1n) is 20.5. The summed E-state index contributed by atoms with van der Waals surface area (Å²) >= 11 is 0. The fourth-order valence-electron chi connectivity index (χ4n) is 5.06. The van der Waals surface area contributed by atoms with Crippen molar-refractivity contribution < 1.29 is 47.5 Å². The lowest BCUT2D eigenvalue weighted by atomic mass is 10.1. The van der Waals surface area contributed by atoms with E-state index in [0.29, 0.717) is 12.8 Å². The number of nitrogens with two attached hydrogens (primary N) is 1. The Morgan fingerprint density at radius 3 is 1.56 bits per heavy atom. The minimum atomic E-state index is -4.73. The molecule has 0 rings (SSSR count). The van der Waals surface area contributed by atoms with Gasteiger partial charge in [0.2, 0.25) is 0 Å². The van der Waals surface area contributed by atoms with E-state index in [1.807, 2.05) is 36.5 Å². The van der Waals surface area contributed by atoms with E-state index >= 15 is 0 Å². The average Bonchev–Trinajstić information content (AvgIpc) is 3.16. The Morgan fingerprint density at radius 2 is 1.02 bits per heavy atom. The van der Waals surface area contributed by atoms with Crippen molar-refractivity contribution in [2.24, 2.45) is 5.73 Å². The van der Waals surface area contributed by atoms with Crippen LogP contribution in [0.4, 0.5) is 0 Å². The molecule has 0 saturated carbocycles. The van der Waals surface area contributed by atoms with Gasteiger partial charge in [-0.3, -0.25) is 23.4 Å². The number of aliphatic carboxylic acids is 1. The van der Waals surface area contributed by atoms with Crippen LogP contribution in [0, 0.1) is 0 Å². The van der Waals surface area contributed by atoms with Crippen LogP contribution in [-0.2, 0) is 37.5 Å². The molecule has 314 valence electrons. The van der Waals surface area contributed by atoms with E-state index in [4.69, 9.17) is 24.8 Å². The third kappa shape index (κ3) is 37.6. The maximum Gasteiger partial charge on any atom is 0.472 e. The maximum atomic E-state index is 12.6. The van der Waals surface area contributed by atoms with Gasteiger partial charge >= 0.3 is 25.7 Å². The number of carboxylic acid groups (broad SMARTS) is 1. The van der Waals surface area contributed by atoms with Crippen LogP contribution in [0.25, 0.3) is 0 Å². The molecule has 0 spiro atoms. The molecule has 0 radical (unpaired) electrons. The number of hydrogen-bond donors (Lipinski definition) is 3. The van der Waals surface area contributed by atoms with Gasteiger partial charge in [0.05, 0.1) is 13.2 Å². The third-order valence-electron chi connectivity index (χ3n) is 8.31. The van der Waals surface area contributed by atoms with Gasteiger partial charge in [0.25, 0.3) is 0 Å². The summed E-state index contributed by atoms with van der Waals surface area (Å²) in [7, 11) is -4.73. The normalized spacial score (nSPS) is 14.5. The first-order valence-corrected chi connectivity index (χ1v) is 22.0. The lowest BCUT2D eigenvalue weighted by Gasteiger charge is -2.20. The van der Waals surface area contributed by atoms with Gasteiger partial charge in [-0.2, -0.15) is 0 Å². The van der Waals surface area contributed by atoms with Gasteiger partial charge in [-0.1, -0.05) is 151 Å². The number of hydrogen-bond acceptors (Lipinski definition) is 9. The van der Waals surface area contributed by atoms with Gasteiger partial charge in [-0.25, -0.2) is 4.57 Å². The molecule has 0 bridgehead atoms. The van der Waals surface area contributed by atoms with Crippen LogP contribution in [0.15, 0.2) is 72.9 Å². The van der Waals surface area contributed by atoms with Gasteiger partial charge in [0.15, 0.2) is 6.10 Å². The highest BCUT2D eigenvalue weighted by Gasteiger charge is 2.28. The second kappa shape index (κ2) is 37.8. The van der Waals surface area contributed by atoms with E-state index in [0.717, 1.165) is 64.2 Å². The Labute approximate surface area is 331 Å². The van der Waals surface area contributed by atoms with Crippen molar-refractivity contribution in [3.05, 3.63) is 72.9 Å². The summed E-state index contributed by atoms with van der Waals surface area (Å²) in [6, 6.07) is -1.53. The van der Waals surface area contributed by atoms with Crippen molar-refractivity contribution in [1.29, 1.82) is 0 Å². The summed E-state index contributed by atoms with van der Waals surface area (Å²) in [5, 5.41) is 8.87. The predicted octanol–water partition coefficient (Wildman–Crippen LogP) is 10.6. The summed E-state index contributed by atoms with van der Waals surface area (Å²) in [4.78, 5) is 45.8. The predicted molar refractivity (Wildman–Crippen MR) is 221 cm³/mol. The fraction of sp³-hybridized carbons (Fsp3) is 0.651. The zero-order valence-corrected chi connectivity index (χ0v) is 34.6. The van der Waals surface area contributed by atoms with Crippen molar-refractivity contribution in [2.75, 3.05) is 19.8 Å². The number of esters is 2. The Hall–Kier alpha value is -3.08. The van der Waals surface area contributed by atoms with E-state index in [-0.39, 0.29) is 19.4 Å². The van der Waals surface area contributed by atoms with Crippen molar-refractivity contribution in [1.82, 2.24) is 0 Å². The molecule has 0 aliphatic rings. The number of allylic oxidation sites excluding steroid dienone is 12. The van der Waals surface area contributed by atoms with Crippen LogP contribution in [0.3, 0.4) is 0 Å². The zero-order chi connectivity index (χ0) is 40.7. The summed E-state index contributed by atoms with van der Waals surface area (Å²) in [6.07, 6.45) is 44.0. The molecule has 3 atom stereocenters. The van der Waals surface area contributed by atoms with Gasteiger partial charge in [-0.15, -0.1) is 0 Å². The smallest absolute Gasteiger partial charge is 0.472 e. The van der Waals surface area contributed by atoms with Crippen molar-refractivity contribution >= 4 is 25.7 Å². The molecule has 4 N–H and O–H groups in total. The molecule has 0 aromatic heterocycles. The van der Waals surface area contributed by atoms with E-state index in [1.54, 1.807) is 0 Å². The van der Waals surface area contributed by atoms with Gasteiger partial charge in [-0.05, 0) is 57.8 Å². The summed E-state index contributed by atoms with van der Waals surface area (Å²) < 4.78 is 32.6. The molecule has 0 amide bonds. The number of ether oxygens (including phenoxy) is 2. The standard InChI is InChI=1S/C43H72NO10P/c1-3-5-7-9-11-13-15-17-18-19-20-21-23-24-26-28-30-32-34-41(45)51-36-39(37-52-55(49,50)53-38-40(44)43(47)48)54-42(46)35-33-31-29-27-25-22-16-14-12-10-8-6-4-2/h6,8,10,12,14,16,18-22,25,39-40H,3-5,7,9,11,13,15,17,23-24,26-38,44H2,1-2H3,(H,47,48)(H,49,50)/b8-6+,12-10+,16-14+,19-18+,21-20+,25-22+/t39?,40-/m1/s1. The molecule has 0 aromatic rings. The highest BCUT2D eigenvalue weighted by Crippen LogP contribution is 2.43. The number of phosphoric ester groups is 1. The minimum Gasteiger partial charge on any atom is -0.480 e. The molecular formula is C43H72NO10P. The molecule has 0 fully saturated rings. The first kappa shape index (κ1) is 51.9. The van der Waals surface area contributed by atoms with E-state index < -0.39 is 51.1 Å². The van der Waals surface area contributed by atoms with Crippen LogP contribution in [0.1, 0.15) is 149 Å². The van der Waals surface area contributed by atoms with Gasteiger partial charge in [0, 0.05) is 12.8 Å². The largest absolute Gasteiger partial charge is 0.480 e. The number of carboxylic acids is 1. The highest BCUT2D eigenvalue weighted by atomic mass is 31.2. The summed E-state index contributed by atoms with van der Waals surface area (Å²) in [6.45, 7) is 2.57. The van der Waals surface area contributed by atoms with Gasteiger partial charge < -0.3 is 25.2 Å². The van der Waals surface area contributed by atoms with Crippen LogP contribution in [0.2, 0.25) is 0 Å². The molecule has 0 saturated heterocycles. The summed E-state index contributed by atoms with van der Waals surface area (Å²) in [5.74, 6) is -2.46. The fourth-order valence-corrected chi connectivity index (χ4v) is 5.84. The zero-order valence-electron chi connectivity index (χ0n) is 33.7. The molecule has 2 unspecified atom stereocenters. The SMILES string of the molecule is CC/C=C/C=C/C=C/C=C/CCCCCC(=O)OC(COC(=O)CCCCCCC/C=C/C=C/CCCCCCCCC)COP(=O)(O)OC[C@@H](N)C(=O)O. The number of carbonyl (C=O) groups is 3. The number of unbranched alkanes of at least 4 members (excludes halogenated alkanes) is 15.